The molecule has 25 heavy (non-hydrogen) atoms. The van der Waals surface area contributed by atoms with Crippen LogP contribution in [0.4, 0.5) is 18.9 Å². The van der Waals surface area contributed by atoms with Gasteiger partial charge in [-0.3, -0.25) is 0 Å². The maximum atomic E-state index is 13.0. The van der Waals surface area contributed by atoms with Crippen molar-refractivity contribution in [3.8, 4) is 0 Å². The number of nitrogens with one attached hydrogen (secondary N) is 2. The van der Waals surface area contributed by atoms with Gasteiger partial charge in [0.2, 0.25) is 0 Å². The zero-order valence-electron chi connectivity index (χ0n) is 14.3. The molecule has 0 heterocycles. The Morgan fingerprint density at radius 3 is 2.04 bits per heavy atom. The topological polar surface area (TPSA) is 24.1 Å². The van der Waals surface area contributed by atoms with Crippen LogP contribution in [0, 0.1) is 0 Å². The molecule has 0 fully saturated rings. The van der Waals surface area contributed by atoms with Crippen molar-refractivity contribution in [1.82, 2.24) is 5.32 Å². The summed E-state index contributed by atoms with van der Waals surface area (Å²) in [5.74, 6) is 0.443. The fourth-order valence-electron chi connectivity index (χ4n) is 2.45. The van der Waals surface area contributed by atoms with Gasteiger partial charge >= 0.3 is 6.18 Å². The first-order chi connectivity index (χ1) is 11.7. The number of benzene rings is 2. The largest absolute Gasteiger partial charge is 0.418 e. The van der Waals surface area contributed by atoms with E-state index in [9.17, 15) is 13.2 Å². The number of halogens is 3. The standard InChI is InChI=1S/C19H21F3N2S/c1-12(2)14-8-10-15(11-9-14)13(3)23-18(25)24-17-7-5-4-6-16(17)19(20,21)22/h4-13H,1-3H3,(H2,23,24,25). The molecular weight excluding hydrogens is 345 g/mol. The lowest BCUT2D eigenvalue weighted by Crippen LogP contribution is -2.31. The Kier molecular flexibility index (Phi) is 6.06. The Bertz CT molecular complexity index is 724. The van der Waals surface area contributed by atoms with Crippen LogP contribution in [0.15, 0.2) is 48.5 Å². The summed E-state index contributed by atoms with van der Waals surface area (Å²) in [5, 5.41) is 5.82. The summed E-state index contributed by atoms with van der Waals surface area (Å²) in [6.07, 6.45) is -4.43. The van der Waals surface area contributed by atoms with Gasteiger partial charge in [-0.1, -0.05) is 50.2 Å². The van der Waals surface area contributed by atoms with E-state index in [2.05, 4.69) is 24.5 Å². The summed E-state index contributed by atoms with van der Waals surface area (Å²) >= 11 is 5.17. The lowest BCUT2D eigenvalue weighted by Gasteiger charge is -2.20. The molecule has 0 bridgehead atoms. The molecule has 6 heteroatoms. The summed E-state index contributed by atoms with van der Waals surface area (Å²) in [6, 6.07) is 13.2. The number of alkyl halides is 3. The molecule has 1 unspecified atom stereocenters. The van der Waals surface area contributed by atoms with Crippen molar-refractivity contribution in [2.45, 2.75) is 38.9 Å². The van der Waals surface area contributed by atoms with Crippen molar-refractivity contribution >= 4 is 23.0 Å². The van der Waals surface area contributed by atoms with Crippen LogP contribution in [0.1, 0.15) is 49.4 Å². The molecule has 2 rings (SSSR count). The second kappa shape index (κ2) is 7.87. The first kappa shape index (κ1) is 19.2. The van der Waals surface area contributed by atoms with E-state index in [-0.39, 0.29) is 16.8 Å². The third-order valence-electron chi connectivity index (χ3n) is 3.93. The van der Waals surface area contributed by atoms with Gasteiger partial charge in [-0.2, -0.15) is 13.2 Å². The molecule has 2 nitrogen and oxygen atoms in total. The normalized spacial score (nSPS) is 12.8. The fourth-order valence-corrected chi connectivity index (χ4v) is 2.73. The second-order valence-corrected chi connectivity index (χ2v) is 6.59. The highest BCUT2D eigenvalue weighted by Crippen LogP contribution is 2.34. The van der Waals surface area contributed by atoms with Gasteiger partial charge in [0.1, 0.15) is 0 Å². The van der Waals surface area contributed by atoms with Gasteiger partial charge in [-0.25, -0.2) is 0 Å². The zero-order valence-corrected chi connectivity index (χ0v) is 15.1. The molecule has 0 aromatic heterocycles. The van der Waals surface area contributed by atoms with E-state index in [1.807, 2.05) is 31.2 Å². The minimum atomic E-state index is -4.43. The van der Waals surface area contributed by atoms with Crippen LogP contribution in [0.5, 0.6) is 0 Å². The SMILES string of the molecule is CC(C)c1ccc(C(C)NC(=S)Nc2ccccc2C(F)(F)F)cc1. The molecule has 0 aliphatic heterocycles. The number of hydrogen-bond acceptors (Lipinski definition) is 1. The average molecular weight is 366 g/mol. The molecule has 0 aliphatic rings. The van der Waals surface area contributed by atoms with Gasteiger partial charge in [0, 0.05) is 0 Å². The molecule has 2 aromatic carbocycles. The van der Waals surface area contributed by atoms with Crippen LogP contribution in [0.3, 0.4) is 0 Å². The highest BCUT2D eigenvalue weighted by Gasteiger charge is 2.33. The lowest BCUT2D eigenvalue weighted by molar-refractivity contribution is -0.136. The predicted octanol–water partition coefficient (Wildman–Crippen LogP) is 5.88. The summed E-state index contributed by atoms with van der Waals surface area (Å²) in [7, 11) is 0. The summed E-state index contributed by atoms with van der Waals surface area (Å²) in [4.78, 5) is 0. The van der Waals surface area contributed by atoms with Crippen LogP contribution >= 0.6 is 12.2 Å². The Labute approximate surface area is 151 Å². The molecule has 134 valence electrons. The van der Waals surface area contributed by atoms with Crippen LogP contribution in [-0.2, 0) is 6.18 Å². The number of anilines is 1. The second-order valence-electron chi connectivity index (χ2n) is 6.18. The van der Waals surface area contributed by atoms with Gasteiger partial charge < -0.3 is 10.6 Å². The number of hydrogen-bond donors (Lipinski definition) is 2. The number of thiocarbonyl (C=S) groups is 1. The minimum absolute atomic E-state index is 0.0603. The molecule has 2 N–H and O–H groups in total. The van der Waals surface area contributed by atoms with E-state index in [0.717, 1.165) is 11.6 Å². The number of rotatable bonds is 4. The van der Waals surface area contributed by atoms with Crippen molar-refractivity contribution in [2.75, 3.05) is 5.32 Å². The Balaban J connectivity index is 2.05. The summed E-state index contributed by atoms with van der Waals surface area (Å²) in [6.45, 7) is 6.15. The number of para-hydroxylation sites is 1. The van der Waals surface area contributed by atoms with E-state index in [1.54, 1.807) is 0 Å². The Morgan fingerprint density at radius 2 is 1.48 bits per heavy atom. The molecular formula is C19H21F3N2S. The molecule has 0 amide bonds. The lowest BCUT2D eigenvalue weighted by atomic mass is 10.00. The van der Waals surface area contributed by atoms with Gasteiger partial charge in [0.05, 0.1) is 17.3 Å². The molecule has 0 aliphatic carbocycles. The quantitative estimate of drug-likeness (QED) is 0.661. The average Bonchev–Trinajstić information content (AvgIpc) is 2.54. The predicted molar refractivity (Wildman–Crippen MR) is 99.7 cm³/mol. The van der Waals surface area contributed by atoms with E-state index in [4.69, 9.17) is 12.2 Å². The van der Waals surface area contributed by atoms with E-state index < -0.39 is 11.7 Å². The molecule has 0 spiro atoms. The zero-order chi connectivity index (χ0) is 18.6. The van der Waals surface area contributed by atoms with Crippen molar-refractivity contribution in [3.05, 3.63) is 65.2 Å². The highest BCUT2D eigenvalue weighted by molar-refractivity contribution is 7.80. The van der Waals surface area contributed by atoms with Crippen LogP contribution in [0.25, 0.3) is 0 Å². The Hall–Kier alpha value is -2.08. The van der Waals surface area contributed by atoms with Crippen molar-refractivity contribution in [3.63, 3.8) is 0 Å². The van der Waals surface area contributed by atoms with E-state index in [0.29, 0.717) is 5.92 Å². The van der Waals surface area contributed by atoms with Gasteiger partial charge in [0.25, 0.3) is 0 Å². The van der Waals surface area contributed by atoms with Crippen LogP contribution in [-0.4, -0.2) is 5.11 Å². The van der Waals surface area contributed by atoms with Crippen molar-refractivity contribution in [2.24, 2.45) is 0 Å². The van der Waals surface area contributed by atoms with Crippen LogP contribution < -0.4 is 10.6 Å². The van der Waals surface area contributed by atoms with Gasteiger partial charge in [0.15, 0.2) is 5.11 Å². The van der Waals surface area contributed by atoms with Crippen LogP contribution in [0.2, 0.25) is 0 Å². The highest BCUT2D eigenvalue weighted by atomic mass is 32.1. The third kappa shape index (κ3) is 5.19. The van der Waals surface area contributed by atoms with Crippen molar-refractivity contribution in [1.29, 1.82) is 0 Å². The Morgan fingerprint density at radius 1 is 0.920 bits per heavy atom. The third-order valence-corrected chi connectivity index (χ3v) is 4.15. The molecule has 0 saturated carbocycles. The van der Waals surface area contributed by atoms with Gasteiger partial charge in [-0.05, 0) is 48.3 Å². The monoisotopic (exact) mass is 366 g/mol. The molecule has 0 saturated heterocycles. The molecule has 0 radical (unpaired) electrons. The van der Waals surface area contributed by atoms with E-state index >= 15 is 0 Å². The fraction of sp³-hybridized carbons (Fsp3) is 0.316. The smallest absolute Gasteiger partial charge is 0.356 e. The van der Waals surface area contributed by atoms with Gasteiger partial charge in [-0.15, -0.1) is 0 Å². The summed E-state index contributed by atoms with van der Waals surface area (Å²) in [5.41, 5.74) is 1.44. The molecule has 2 aromatic rings. The first-order valence-electron chi connectivity index (χ1n) is 8.02. The summed E-state index contributed by atoms with van der Waals surface area (Å²) < 4.78 is 39.1. The first-order valence-corrected chi connectivity index (χ1v) is 8.43. The minimum Gasteiger partial charge on any atom is -0.356 e. The van der Waals surface area contributed by atoms with Crippen molar-refractivity contribution < 1.29 is 13.2 Å². The maximum absolute atomic E-state index is 13.0. The maximum Gasteiger partial charge on any atom is 0.418 e. The molecule has 1 atom stereocenters. The van der Waals surface area contributed by atoms with E-state index in [1.165, 1.54) is 23.8 Å².